The van der Waals surface area contributed by atoms with Crippen molar-refractivity contribution in [1.29, 1.82) is 0 Å². The van der Waals surface area contributed by atoms with E-state index in [4.69, 9.17) is 0 Å². The van der Waals surface area contributed by atoms with E-state index < -0.39 is 0 Å². The summed E-state index contributed by atoms with van der Waals surface area (Å²) in [6.45, 7) is 4.46. The monoisotopic (exact) mass is 236 g/mol. The second kappa shape index (κ2) is 15.5. The Bertz CT molecular complexity index is 176. The van der Waals surface area contributed by atoms with Gasteiger partial charge in [0.05, 0.1) is 0 Å². The Kier molecular flexibility index (Phi) is 15.0. The lowest BCUT2D eigenvalue weighted by Crippen LogP contribution is -1.77. The molecule has 0 heteroatoms. The van der Waals surface area contributed by atoms with Gasteiger partial charge in [-0.15, -0.1) is 0 Å². The lowest BCUT2D eigenvalue weighted by molar-refractivity contribution is 0.650. The minimum Gasteiger partial charge on any atom is -0.0888 e. The Hall–Kier alpha value is -0.520. The van der Waals surface area contributed by atoms with Crippen LogP contribution in [-0.2, 0) is 0 Å². The molecule has 17 heavy (non-hydrogen) atoms. The number of unbranched alkanes of at least 4 members (excludes halogenated alkanes) is 8. The van der Waals surface area contributed by atoms with Crippen molar-refractivity contribution in [2.24, 2.45) is 0 Å². The second-order valence-electron chi connectivity index (χ2n) is 4.84. The van der Waals surface area contributed by atoms with E-state index in [1.165, 1.54) is 70.6 Å². The Balaban J connectivity index is 3.05. The summed E-state index contributed by atoms with van der Waals surface area (Å²) in [5.41, 5.74) is 0. The van der Waals surface area contributed by atoms with Crippen molar-refractivity contribution >= 4 is 0 Å². The lowest BCUT2D eigenvalue weighted by atomic mass is 10.1. The van der Waals surface area contributed by atoms with Crippen LogP contribution in [0.1, 0.15) is 84.5 Å². The first-order valence-electron chi connectivity index (χ1n) is 7.71. The maximum Gasteiger partial charge on any atom is -0.0351 e. The van der Waals surface area contributed by atoms with Crippen LogP contribution < -0.4 is 0 Å². The molecule has 100 valence electrons. The van der Waals surface area contributed by atoms with Crippen molar-refractivity contribution in [1.82, 2.24) is 0 Å². The predicted octanol–water partition coefficient (Wildman–Crippen LogP) is 6.43. The molecule has 0 aromatic carbocycles. The van der Waals surface area contributed by atoms with Crippen molar-refractivity contribution in [3.63, 3.8) is 0 Å². The van der Waals surface area contributed by atoms with Crippen LogP contribution >= 0.6 is 0 Å². The Morgan fingerprint density at radius 1 is 0.529 bits per heavy atom. The summed E-state index contributed by atoms with van der Waals surface area (Å²) in [4.78, 5) is 0. The Morgan fingerprint density at radius 2 is 1.00 bits per heavy atom. The molecule has 0 aliphatic carbocycles. The quantitative estimate of drug-likeness (QED) is 0.270. The third-order valence-corrected chi connectivity index (χ3v) is 3.03. The molecule has 0 saturated carbocycles. The molecule has 0 nitrogen and oxygen atoms in total. The van der Waals surface area contributed by atoms with Crippen LogP contribution in [0.3, 0.4) is 0 Å². The minimum atomic E-state index is 1.18. The predicted molar refractivity (Wildman–Crippen MR) is 80.4 cm³/mol. The van der Waals surface area contributed by atoms with E-state index in [2.05, 4.69) is 38.2 Å². The van der Waals surface area contributed by atoms with Gasteiger partial charge in [-0.05, 0) is 44.9 Å². The van der Waals surface area contributed by atoms with E-state index in [9.17, 15) is 0 Å². The molecule has 0 rings (SSSR count). The molecule has 0 radical (unpaired) electrons. The third kappa shape index (κ3) is 15.5. The zero-order valence-corrected chi connectivity index (χ0v) is 12.1. The van der Waals surface area contributed by atoms with Crippen molar-refractivity contribution in [3.05, 3.63) is 24.3 Å². The standard InChI is InChI=1S/C17H32/c1-3-5-7-9-11-13-15-17-16-14-12-10-8-6-4-2/h5,7,12,14H,3-4,6,8-11,13,15-17H2,1-2H3/b7-5+,14-12+. The molecular weight excluding hydrogens is 204 g/mol. The third-order valence-electron chi connectivity index (χ3n) is 3.03. The van der Waals surface area contributed by atoms with E-state index in [1.54, 1.807) is 0 Å². The molecule has 0 amide bonds. The Labute approximate surface area is 109 Å². The zero-order valence-electron chi connectivity index (χ0n) is 12.1. The highest BCUT2D eigenvalue weighted by molar-refractivity contribution is 4.81. The van der Waals surface area contributed by atoms with Gasteiger partial charge in [-0.1, -0.05) is 63.8 Å². The summed E-state index contributed by atoms with van der Waals surface area (Å²) in [6.07, 6.45) is 24.0. The first kappa shape index (κ1) is 16.5. The number of hydrogen-bond donors (Lipinski definition) is 0. The summed E-state index contributed by atoms with van der Waals surface area (Å²) >= 11 is 0. The fraction of sp³-hybridized carbons (Fsp3) is 0.765. The smallest absolute Gasteiger partial charge is 0.0351 e. The number of allylic oxidation sites excluding steroid dienone is 4. The normalized spacial score (nSPS) is 11.9. The molecule has 0 aliphatic heterocycles. The van der Waals surface area contributed by atoms with Gasteiger partial charge >= 0.3 is 0 Å². The molecule has 0 unspecified atom stereocenters. The maximum atomic E-state index is 2.38. The van der Waals surface area contributed by atoms with Crippen molar-refractivity contribution in [2.45, 2.75) is 84.5 Å². The summed E-state index contributed by atoms with van der Waals surface area (Å²) in [7, 11) is 0. The second-order valence-corrected chi connectivity index (χ2v) is 4.84. The van der Waals surface area contributed by atoms with Crippen LogP contribution in [0, 0.1) is 0 Å². The van der Waals surface area contributed by atoms with E-state index in [1.807, 2.05) is 0 Å². The molecule has 0 heterocycles. The lowest BCUT2D eigenvalue weighted by Gasteiger charge is -1.97. The van der Waals surface area contributed by atoms with Crippen LogP contribution in [0.25, 0.3) is 0 Å². The topological polar surface area (TPSA) is 0 Å². The van der Waals surface area contributed by atoms with Gasteiger partial charge in [0, 0.05) is 0 Å². The van der Waals surface area contributed by atoms with Crippen molar-refractivity contribution in [3.8, 4) is 0 Å². The molecule has 0 N–H and O–H groups in total. The molecule has 0 saturated heterocycles. The van der Waals surface area contributed by atoms with Gasteiger partial charge in [0.1, 0.15) is 0 Å². The largest absolute Gasteiger partial charge is 0.0888 e. The molecule has 0 spiro atoms. The zero-order chi connectivity index (χ0) is 12.6. The van der Waals surface area contributed by atoms with Gasteiger partial charge in [-0.2, -0.15) is 0 Å². The maximum absolute atomic E-state index is 2.38. The first-order chi connectivity index (χ1) is 8.41. The molecule has 0 fully saturated rings. The molecular formula is C17H32. The summed E-state index contributed by atoms with van der Waals surface area (Å²) in [6, 6.07) is 0. The van der Waals surface area contributed by atoms with E-state index in [-0.39, 0.29) is 0 Å². The van der Waals surface area contributed by atoms with E-state index in [0.29, 0.717) is 0 Å². The summed E-state index contributed by atoms with van der Waals surface area (Å²) in [5, 5.41) is 0. The highest BCUT2D eigenvalue weighted by atomic mass is 13.9. The van der Waals surface area contributed by atoms with Gasteiger partial charge in [-0.3, -0.25) is 0 Å². The highest BCUT2D eigenvalue weighted by Gasteiger charge is 1.87. The SMILES string of the molecule is CC/C=C/CCCCCC/C=C/CCCCC. The van der Waals surface area contributed by atoms with Gasteiger partial charge < -0.3 is 0 Å². The minimum absolute atomic E-state index is 1.18. The fourth-order valence-corrected chi connectivity index (χ4v) is 1.91. The number of rotatable bonds is 12. The summed E-state index contributed by atoms with van der Waals surface area (Å²) in [5.74, 6) is 0. The van der Waals surface area contributed by atoms with Crippen LogP contribution in [0.4, 0.5) is 0 Å². The van der Waals surface area contributed by atoms with Gasteiger partial charge in [0.15, 0.2) is 0 Å². The van der Waals surface area contributed by atoms with Crippen molar-refractivity contribution in [2.75, 3.05) is 0 Å². The Morgan fingerprint density at radius 3 is 1.47 bits per heavy atom. The van der Waals surface area contributed by atoms with Crippen molar-refractivity contribution < 1.29 is 0 Å². The highest BCUT2D eigenvalue weighted by Crippen LogP contribution is 2.07. The molecule has 0 aromatic heterocycles. The van der Waals surface area contributed by atoms with E-state index >= 15 is 0 Å². The van der Waals surface area contributed by atoms with Gasteiger partial charge in [-0.25, -0.2) is 0 Å². The average molecular weight is 236 g/mol. The van der Waals surface area contributed by atoms with Gasteiger partial charge in [0.2, 0.25) is 0 Å². The molecule has 0 bridgehead atoms. The van der Waals surface area contributed by atoms with Crippen LogP contribution in [0.5, 0.6) is 0 Å². The molecule has 0 aliphatic rings. The van der Waals surface area contributed by atoms with Crippen LogP contribution in [0.15, 0.2) is 24.3 Å². The first-order valence-corrected chi connectivity index (χ1v) is 7.71. The number of hydrogen-bond acceptors (Lipinski definition) is 0. The fourth-order valence-electron chi connectivity index (χ4n) is 1.91. The molecule has 0 aromatic rings. The van der Waals surface area contributed by atoms with E-state index in [0.717, 1.165) is 0 Å². The summed E-state index contributed by atoms with van der Waals surface area (Å²) < 4.78 is 0. The van der Waals surface area contributed by atoms with Crippen LogP contribution in [-0.4, -0.2) is 0 Å². The van der Waals surface area contributed by atoms with Gasteiger partial charge in [0.25, 0.3) is 0 Å². The van der Waals surface area contributed by atoms with Crippen LogP contribution in [0.2, 0.25) is 0 Å². The molecule has 0 atom stereocenters. The average Bonchev–Trinajstić information content (AvgIpc) is 2.35.